The van der Waals surface area contributed by atoms with E-state index in [4.69, 9.17) is 27.9 Å². The number of hydrogen-bond acceptors (Lipinski definition) is 6. The number of carbonyl (C=O) groups excluding carboxylic acids is 2. The number of nitrogens with zero attached hydrogens (tertiary/aromatic N) is 2. The zero-order valence-electron chi connectivity index (χ0n) is 24.7. The highest BCUT2D eigenvalue weighted by Crippen LogP contribution is 2.34. The van der Waals surface area contributed by atoms with Crippen LogP contribution >= 0.6 is 35.0 Å². The standard InChI is InChI=1S/C31H37Cl2N3O5S2/c1-5-19-34-31(38)27(6-2)35(20-24-25(32)11-10-12-26(24)33)30(37)21-36(28-13-8-9-14-29(28)41-7-3)43(39,40)23-17-15-22(42-4)16-18-23/h8-18,27H,5-7,19-21H2,1-4H3,(H,34,38)/t27-/m0/s1. The summed E-state index contributed by atoms with van der Waals surface area (Å²) in [5.41, 5.74) is 0.656. The number of hydrogen-bond donors (Lipinski definition) is 1. The predicted molar refractivity (Wildman–Crippen MR) is 175 cm³/mol. The molecule has 0 radical (unpaired) electrons. The summed E-state index contributed by atoms with van der Waals surface area (Å²) in [6.07, 6.45) is 2.89. The average molecular weight is 667 g/mol. The number of para-hydroxylation sites is 2. The highest BCUT2D eigenvalue weighted by molar-refractivity contribution is 7.98. The van der Waals surface area contributed by atoms with Gasteiger partial charge in [0, 0.05) is 33.6 Å². The normalized spacial score (nSPS) is 12.0. The molecule has 2 amide bonds. The van der Waals surface area contributed by atoms with Crippen molar-refractivity contribution < 1.29 is 22.7 Å². The third kappa shape index (κ3) is 8.59. The van der Waals surface area contributed by atoms with E-state index in [1.165, 1.54) is 28.8 Å². The number of ether oxygens (including phenoxy) is 1. The summed E-state index contributed by atoms with van der Waals surface area (Å²) in [4.78, 5) is 29.8. The Kier molecular flexibility index (Phi) is 13.1. The minimum atomic E-state index is -4.26. The number of rotatable bonds is 15. The van der Waals surface area contributed by atoms with Gasteiger partial charge in [0.1, 0.15) is 18.3 Å². The maximum Gasteiger partial charge on any atom is 0.264 e. The third-order valence-corrected chi connectivity index (χ3v) is 9.91. The van der Waals surface area contributed by atoms with Crippen LogP contribution in [0.2, 0.25) is 10.0 Å². The average Bonchev–Trinajstić information content (AvgIpc) is 3.00. The van der Waals surface area contributed by atoms with E-state index in [0.717, 1.165) is 9.20 Å². The van der Waals surface area contributed by atoms with Crippen LogP contribution in [0.25, 0.3) is 0 Å². The topological polar surface area (TPSA) is 96.0 Å². The van der Waals surface area contributed by atoms with Crippen LogP contribution in [0.5, 0.6) is 5.75 Å². The molecule has 3 aromatic rings. The molecular formula is C31H37Cl2N3O5S2. The van der Waals surface area contributed by atoms with Gasteiger partial charge in [-0.05, 0) is 74.6 Å². The highest BCUT2D eigenvalue weighted by atomic mass is 35.5. The number of nitrogens with one attached hydrogen (secondary N) is 1. The summed E-state index contributed by atoms with van der Waals surface area (Å²) in [5, 5.41) is 3.51. The van der Waals surface area contributed by atoms with Crippen LogP contribution < -0.4 is 14.4 Å². The molecule has 0 saturated carbocycles. The molecule has 0 spiro atoms. The molecule has 232 valence electrons. The Balaban J connectivity index is 2.14. The van der Waals surface area contributed by atoms with Crippen molar-refractivity contribution in [2.45, 2.75) is 56.0 Å². The van der Waals surface area contributed by atoms with Gasteiger partial charge in [-0.3, -0.25) is 13.9 Å². The lowest BCUT2D eigenvalue weighted by Crippen LogP contribution is -2.52. The fourth-order valence-electron chi connectivity index (χ4n) is 4.47. The van der Waals surface area contributed by atoms with Gasteiger partial charge in [0.15, 0.2) is 0 Å². The fraction of sp³-hybridized carbons (Fsp3) is 0.355. The van der Waals surface area contributed by atoms with Crippen LogP contribution in [0.4, 0.5) is 5.69 Å². The molecule has 0 aliphatic heterocycles. The molecule has 0 aliphatic carbocycles. The molecule has 3 aromatic carbocycles. The van der Waals surface area contributed by atoms with E-state index in [-0.39, 0.29) is 36.1 Å². The smallest absolute Gasteiger partial charge is 0.264 e. The van der Waals surface area contributed by atoms with Crippen LogP contribution in [-0.2, 0) is 26.2 Å². The van der Waals surface area contributed by atoms with E-state index in [1.807, 2.05) is 13.2 Å². The predicted octanol–water partition coefficient (Wildman–Crippen LogP) is 6.64. The van der Waals surface area contributed by atoms with Crippen molar-refractivity contribution in [3.05, 3.63) is 82.3 Å². The van der Waals surface area contributed by atoms with Crippen molar-refractivity contribution in [2.75, 3.05) is 30.3 Å². The number of thioether (sulfide) groups is 1. The summed E-state index contributed by atoms with van der Waals surface area (Å²) in [6.45, 7) is 5.52. The molecule has 0 unspecified atom stereocenters. The lowest BCUT2D eigenvalue weighted by atomic mass is 10.1. The first-order valence-electron chi connectivity index (χ1n) is 14.0. The molecule has 12 heteroatoms. The van der Waals surface area contributed by atoms with E-state index < -0.39 is 28.5 Å². The van der Waals surface area contributed by atoms with Crippen LogP contribution in [-0.4, -0.2) is 57.1 Å². The third-order valence-electron chi connectivity index (χ3n) is 6.69. The summed E-state index contributed by atoms with van der Waals surface area (Å²) in [6, 6.07) is 17.2. The van der Waals surface area contributed by atoms with Gasteiger partial charge in [0.25, 0.3) is 10.0 Å². The summed E-state index contributed by atoms with van der Waals surface area (Å²) in [7, 11) is -4.26. The molecule has 0 aliphatic rings. The molecule has 3 rings (SSSR count). The Bertz CT molecular complexity index is 1480. The van der Waals surface area contributed by atoms with Gasteiger partial charge in [-0.1, -0.05) is 55.2 Å². The highest BCUT2D eigenvalue weighted by Gasteiger charge is 2.35. The monoisotopic (exact) mass is 665 g/mol. The van der Waals surface area contributed by atoms with Gasteiger partial charge in [0.2, 0.25) is 11.8 Å². The largest absolute Gasteiger partial charge is 0.492 e. The summed E-state index contributed by atoms with van der Waals surface area (Å²) in [5.74, 6) is -0.654. The van der Waals surface area contributed by atoms with E-state index in [0.29, 0.717) is 34.3 Å². The number of carbonyl (C=O) groups is 2. The maximum absolute atomic E-state index is 14.3. The first-order chi connectivity index (χ1) is 20.6. The van der Waals surface area contributed by atoms with Crippen molar-refractivity contribution in [3.8, 4) is 5.75 Å². The maximum atomic E-state index is 14.3. The quantitative estimate of drug-likeness (QED) is 0.183. The molecule has 0 fully saturated rings. The minimum absolute atomic E-state index is 0.0119. The summed E-state index contributed by atoms with van der Waals surface area (Å²) < 4.78 is 35.2. The lowest BCUT2D eigenvalue weighted by Gasteiger charge is -2.34. The first kappa shape index (κ1) is 34.6. The van der Waals surface area contributed by atoms with Crippen LogP contribution in [0.1, 0.15) is 39.2 Å². The molecule has 0 saturated heterocycles. The zero-order valence-corrected chi connectivity index (χ0v) is 27.8. The summed E-state index contributed by atoms with van der Waals surface area (Å²) >= 11 is 14.4. The number of anilines is 1. The van der Waals surface area contributed by atoms with Gasteiger partial charge in [-0.25, -0.2) is 8.42 Å². The molecule has 0 heterocycles. The minimum Gasteiger partial charge on any atom is -0.492 e. The number of sulfonamides is 1. The van der Waals surface area contributed by atoms with Crippen molar-refractivity contribution >= 4 is 62.5 Å². The lowest BCUT2D eigenvalue weighted by molar-refractivity contribution is -0.140. The zero-order chi connectivity index (χ0) is 31.6. The Morgan fingerprint density at radius 1 is 0.953 bits per heavy atom. The molecule has 43 heavy (non-hydrogen) atoms. The van der Waals surface area contributed by atoms with E-state index >= 15 is 0 Å². The fourth-order valence-corrected chi connectivity index (χ4v) is 6.82. The van der Waals surface area contributed by atoms with Crippen molar-refractivity contribution in [2.24, 2.45) is 0 Å². The second-order valence-corrected chi connectivity index (χ2v) is 13.1. The van der Waals surface area contributed by atoms with Crippen LogP contribution in [0.3, 0.4) is 0 Å². The molecule has 0 aromatic heterocycles. The van der Waals surface area contributed by atoms with Gasteiger partial charge >= 0.3 is 0 Å². The van der Waals surface area contributed by atoms with E-state index in [2.05, 4.69) is 5.32 Å². The Hall–Kier alpha value is -2.92. The number of halogens is 2. The van der Waals surface area contributed by atoms with E-state index in [9.17, 15) is 18.0 Å². The Morgan fingerprint density at radius 3 is 2.19 bits per heavy atom. The molecule has 1 N–H and O–H groups in total. The van der Waals surface area contributed by atoms with Gasteiger partial charge < -0.3 is 15.0 Å². The molecule has 8 nitrogen and oxygen atoms in total. The van der Waals surface area contributed by atoms with Crippen molar-refractivity contribution in [1.29, 1.82) is 0 Å². The number of amides is 2. The Labute approximate surface area is 268 Å². The van der Waals surface area contributed by atoms with Crippen molar-refractivity contribution in [1.82, 2.24) is 10.2 Å². The first-order valence-corrected chi connectivity index (χ1v) is 17.4. The molecule has 1 atom stereocenters. The number of benzene rings is 3. The SMILES string of the molecule is CCCNC(=O)[C@H](CC)N(Cc1c(Cl)cccc1Cl)C(=O)CN(c1ccccc1OCC)S(=O)(=O)c1ccc(SC)cc1. The van der Waals surface area contributed by atoms with Crippen LogP contribution in [0.15, 0.2) is 76.5 Å². The van der Waals surface area contributed by atoms with Crippen molar-refractivity contribution in [3.63, 3.8) is 0 Å². The van der Waals surface area contributed by atoms with Gasteiger partial charge in [-0.15, -0.1) is 11.8 Å². The van der Waals surface area contributed by atoms with Gasteiger partial charge in [0.05, 0.1) is 17.2 Å². The second-order valence-electron chi connectivity index (χ2n) is 9.52. The molecular weight excluding hydrogens is 629 g/mol. The van der Waals surface area contributed by atoms with E-state index in [1.54, 1.807) is 68.4 Å². The second kappa shape index (κ2) is 16.2. The van der Waals surface area contributed by atoms with Gasteiger partial charge in [-0.2, -0.15) is 0 Å². The Morgan fingerprint density at radius 2 is 1.60 bits per heavy atom. The molecule has 0 bridgehead atoms. The van der Waals surface area contributed by atoms with Crippen LogP contribution in [0, 0.1) is 0 Å².